The molecule has 1 fully saturated rings. The van der Waals surface area contributed by atoms with Gasteiger partial charge in [0.1, 0.15) is 41.5 Å². The Morgan fingerprint density at radius 1 is 1.05 bits per heavy atom. The lowest BCUT2D eigenvalue weighted by atomic mass is 10.1. The molecule has 4 heterocycles. The SMILES string of the molecule is COc1cc2ncnc(Nc3cc(C)c(Oc4ccn5ncnc5c4)cc3OC)c2cc1NC(=O)C(F)=CC1CCCN1. The molecule has 0 spiro atoms. The average Bonchev–Trinajstić information content (AvgIpc) is 3.70. The molecule has 1 saturated heterocycles. The Balaban J connectivity index is 1.29. The Hall–Kier alpha value is -5.30. The summed E-state index contributed by atoms with van der Waals surface area (Å²) in [4.78, 5) is 25.7. The first kappa shape index (κ1) is 27.8. The van der Waals surface area contributed by atoms with Crippen LogP contribution in [0.2, 0.25) is 0 Å². The van der Waals surface area contributed by atoms with Gasteiger partial charge >= 0.3 is 0 Å². The van der Waals surface area contributed by atoms with E-state index in [0.29, 0.717) is 51.1 Å². The summed E-state index contributed by atoms with van der Waals surface area (Å²) in [5, 5.41) is 13.8. The van der Waals surface area contributed by atoms with Crippen molar-refractivity contribution in [1.82, 2.24) is 29.9 Å². The first-order chi connectivity index (χ1) is 20.9. The van der Waals surface area contributed by atoms with Gasteiger partial charge < -0.3 is 30.2 Å². The van der Waals surface area contributed by atoms with Gasteiger partial charge in [-0.3, -0.25) is 4.79 Å². The molecule has 3 N–H and O–H groups in total. The van der Waals surface area contributed by atoms with Crippen LogP contribution in [0.4, 0.5) is 21.6 Å². The van der Waals surface area contributed by atoms with E-state index in [4.69, 9.17) is 14.2 Å². The van der Waals surface area contributed by atoms with Gasteiger partial charge in [-0.15, -0.1) is 0 Å². The fourth-order valence-electron chi connectivity index (χ4n) is 4.90. The molecule has 43 heavy (non-hydrogen) atoms. The van der Waals surface area contributed by atoms with Crippen LogP contribution in [0.3, 0.4) is 0 Å². The number of hydrogen-bond donors (Lipinski definition) is 3. The van der Waals surface area contributed by atoms with E-state index in [2.05, 4.69) is 36.0 Å². The third kappa shape index (κ3) is 5.88. The van der Waals surface area contributed by atoms with Gasteiger partial charge in [-0.2, -0.15) is 5.10 Å². The Morgan fingerprint density at radius 3 is 2.67 bits per heavy atom. The number of carbonyl (C=O) groups is 1. The molecule has 2 aromatic carbocycles. The molecule has 12 nitrogen and oxygen atoms in total. The van der Waals surface area contributed by atoms with Crippen molar-refractivity contribution in [2.75, 3.05) is 31.4 Å². The zero-order chi connectivity index (χ0) is 29.9. The zero-order valence-corrected chi connectivity index (χ0v) is 23.7. The van der Waals surface area contributed by atoms with Gasteiger partial charge in [0.25, 0.3) is 5.91 Å². The van der Waals surface area contributed by atoms with Crippen LogP contribution in [0, 0.1) is 6.92 Å². The second-order valence-corrected chi connectivity index (χ2v) is 9.93. The number of amides is 1. The molecule has 13 heteroatoms. The third-order valence-corrected chi connectivity index (χ3v) is 7.10. The number of nitrogens with zero attached hydrogens (tertiary/aromatic N) is 5. The first-order valence-corrected chi connectivity index (χ1v) is 13.6. The molecule has 3 aromatic heterocycles. The number of rotatable bonds is 9. The van der Waals surface area contributed by atoms with E-state index in [1.807, 2.05) is 13.0 Å². The number of aromatic nitrogens is 5. The van der Waals surface area contributed by atoms with Crippen LogP contribution in [0.25, 0.3) is 16.6 Å². The van der Waals surface area contributed by atoms with Crippen molar-refractivity contribution in [1.29, 1.82) is 0 Å². The lowest BCUT2D eigenvalue weighted by molar-refractivity contribution is -0.114. The molecule has 220 valence electrons. The van der Waals surface area contributed by atoms with Crippen LogP contribution in [0.1, 0.15) is 18.4 Å². The van der Waals surface area contributed by atoms with E-state index >= 15 is 0 Å². The number of carbonyl (C=O) groups excluding carboxylic acids is 1. The molecule has 5 aromatic rings. The maximum absolute atomic E-state index is 14.7. The second kappa shape index (κ2) is 11.9. The van der Waals surface area contributed by atoms with E-state index < -0.39 is 11.7 Å². The van der Waals surface area contributed by atoms with Crippen molar-refractivity contribution in [3.63, 3.8) is 0 Å². The fourth-order valence-corrected chi connectivity index (χ4v) is 4.90. The van der Waals surface area contributed by atoms with Crippen molar-refractivity contribution in [2.24, 2.45) is 0 Å². The lowest BCUT2D eigenvalue weighted by Gasteiger charge is -2.17. The molecule has 1 aliphatic rings. The predicted octanol–water partition coefficient (Wildman–Crippen LogP) is 5.08. The number of anilines is 3. The molecule has 1 amide bonds. The van der Waals surface area contributed by atoms with Crippen molar-refractivity contribution in [2.45, 2.75) is 25.8 Å². The van der Waals surface area contributed by atoms with Gasteiger partial charge in [0.05, 0.1) is 31.1 Å². The summed E-state index contributed by atoms with van der Waals surface area (Å²) >= 11 is 0. The van der Waals surface area contributed by atoms with Crippen molar-refractivity contribution < 1.29 is 23.4 Å². The van der Waals surface area contributed by atoms with Crippen LogP contribution in [-0.4, -0.2) is 57.3 Å². The molecule has 1 unspecified atom stereocenters. The number of aryl methyl sites for hydroxylation is 1. The summed E-state index contributed by atoms with van der Waals surface area (Å²) in [6, 6.07) is 10.4. The van der Waals surface area contributed by atoms with E-state index in [0.717, 1.165) is 24.9 Å². The Bertz CT molecular complexity index is 1850. The van der Waals surface area contributed by atoms with Gasteiger partial charge in [-0.25, -0.2) is 23.9 Å². The maximum atomic E-state index is 14.7. The highest BCUT2D eigenvalue weighted by molar-refractivity contribution is 6.05. The number of pyridine rings is 1. The molecule has 1 aliphatic heterocycles. The summed E-state index contributed by atoms with van der Waals surface area (Å²) in [7, 11) is 3.02. The number of fused-ring (bicyclic) bond motifs is 2. The number of hydrogen-bond acceptors (Lipinski definition) is 10. The number of methoxy groups -OCH3 is 2. The standard InChI is InChI=1S/C30H29FN8O4/c1-17-9-23(27(42-3)14-25(17)43-19-6-8-39-28(11-19)34-16-36-39)37-29-20-12-24(26(41-2)13-22(20)33-15-35-29)38-30(40)21(31)10-18-5-4-7-32-18/h6,8-16,18,32H,4-5,7H2,1-3H3,(H,38,40)(H,33,35,37). The number of nitrogens with one attached hydrogen (secondary N) is 3. The zero-order valence-electron chi connectivity index (χ0n) is 23.7. The van der Waals surface area contributed by atoms with Crippen molar-refractivity contribution >= 4 is 39.6 Å². The van der Waals surface area contributed by atoms with E-state index in [1.165, 1.54) is 25.8 Å². The Labute approximate surface area is 245 Å². The van der Waals surface area contributed by atoms with Crippen LogP contribution < -0.4 is 30.2 Å². The summed E-state index contributed by atoms with van der Waals surface area (Å²) in [6.45, 7) is 2.71. The minimum absolute atomic E-state index is 0.166. The monoisotopic (exact) mass is 584 g/mol. The topological polar surface area (TPSA) is 137 Å². The van der Waals surface area contributed by atoms with Crippen LogP contribution in [0.5, 0.6) is 23.0 Å². The van der Waals surface area contributed by atoms with E-state index in [1.54, 1.807) is 48.2 Å². The normalized spacial score (nSPS) is 15.1. The Morgan fingerprint density at radius 2 is 1.88 bits per heavy atom. The molecular formula is C30H29FN8O4. The highest BCUT2D eigenvalue weighted by atomic mass is 19.1. The minimum atomic E-state index is -0.867. The molecule has 0 saturated carbocycles. The molecular weight excluding hydrogens is 555 g/mol. The van der Waals surface area contributed by atoms with Crippen LogP contribution in [-0.2, 0) is 4.79 Å². The maximum Gasteiger partial charge on any atom is 0.284 e. The first-order valence-electron chi connectivity index (χ1n) is 13.6. The molecule has 0 aliphatic carbocycles. The van der Waals surface area contributed by atoms with Gasteiger partial charge in [0.15, 0.2) is 11.5 Å². The van der Waals surface area contributed by atoms with Gasteiger partial charge in [-0.1, -0.05) is 0 Å². The highest BCUT2D eigenvalue weighted by Gasteiger charge is 2.19. The Kier molecular flexibility index (Phi) is 7.71. The van der Waals surface area contributed by atoms with Crippen molar-refractivity contribution in [3.8, 4) is 23.0 Å². The minimum Gasteiger partial charge on any atom is -0.494 e. The largest absolute Gasteiger partial charge is 0.494 e. The van der Waals surface area contributed by atoms with E-state index in [-0.39, 0.29) is 11.7 Å². The number of benzene rings is 2. The van der Waals surface area contributed by atoms with Gasteiger partial charge in [0.2, 0.25) is 0 Å². The summed E-state index contributed by atoms with van der Waals surface area (Å²) < 4.78 is 33.6. The molecule has 6 rings (SSSR count). The second-order valence-electron chi connectivity index (χ2n) is 9.93. The lowest BCUT2D eigenvalue weighted by Crippen LogP contribution is -2.21. The summed E-state index contributed by atoms with van der Waals surface area (Å²) in [6.07, 6.45) is 7.68. The predicted molar refractivity (Wildman–Crippen MR) is 159 cm³/mol. The van der Waals surface area contributed by atoms with Crippen molar-refractivity contribution in [3.05, 3.63) is 72.7 Å². The third-order valence-electron chi connectivity index (χ3n) is 7.10. The quantitative estimate of drug-likeness (QED) is 0.201. The average molecular weight is 585 g/mol. The molecule has 1 atom stereocenters. The van der Waals surface area contributed by atoms with E-state index in [9.17, 15) is 9.18 Å². The number of halogens is 1. The van der Waals surface area contributed by atoms with Crippen LogP contribution >= 0.6 is 0 Å². The van der Waals surface area contributed by atoms with Gasteiger partial charge in [-0.05, 0) is 56.1 Å². The van der Waals surface area contributed by atoms with Gasteiger partial charge in [0, 0.05) is 35.8 Å². The fraction of sp³-hybridized carbons (Fsp3) is 0.233. The highest BCUT2D eigenvalue weighted by Crippen LogP contribution is 2.39. The number of ether oxygens (including phenoxy) is 3. The van der Waals surface area contributed by atoms with Crippen LogP contribution in [0.15, 0.2) is 67.2 Å². The summed E-state index contributed by atoms with van der Waals surface area (Å²) in [5.41, 5.74) is 2.94. The molecule has 0 radical (unpaired) electrons. The smallest absolute Gasteiger partial charge is 0.284 e. The summed E-state index contributed by atoms with van der Waals surface area (Å²) in [5.74, 6) is 0.737. The molecule has 0 bridgehead atoms.